The molecule has 0 bridgehead atoms. The Kier molecular flexibility index (Phi) is 3.76. The molecule has 0 amide bonds. The van der Waals surface area contributed by atoms with E-state index in [1.165, 1.54) is 10.4 Å². The number of nitrogens with zero attached hydrogens (tertiary/aromatic N) is 2. The lowest BCUT2D eigenvalue weighted by atomic mass is 10.4. The Morgan fingerprint density at radius 3 is 2.44 bits per heavy atom. The summed E-state index contributed by atoms with van der Waals surface area (Å²) in [5.74, 6) is 0.609. The summed E-state index contributed by atoms with van der Waals surface area (Å²) < 4.78 is 31.5. The Morgan fingerprint density at radius 2 is 1.94 bits per heavy atom. The lowest BCUT2D eigenvalue weighted by molar-refractivity contribution is 0.222. The summed E-state index contributed by atoms with van der Waals surface area (Å²) >= 11 is 0. The Hall–Kier alpha value is -0.890. The van der Waals surface area contributed by atoms with Crippen molar-refractivity contribution in [2.24, 2.45) is 0 Å². The van der Waals surface area contributed by atoms with Crippen molar-refractivity contribution in [2.45, 2.75) is 18.4 Å². The molecule has 0 spiro atoms. The molecule has 0 aromatic carbocycles. The molecule has 1 aliphatic heterocycles. The fourth-order valence-corrected chi connectivity index (χ4v) is 3.63. The van der Waals surface area contributed by atoms with Gasteiger partial charge in [-0.05, 0) is 14.0 Å². The van der Waals surface area contributed by atoms with E-state index in [4.69, 9.17) is 9.52 Å². The molecule has 1 aromatic rings. The molecule has 102 valence electrons. The SMILES string of the molecule is Cc1oc(CO)cc1S(=O)(=O)N1CCN(C)CC1. The molecular formula is C11H18N2O4S. The summed E-state index contributed by atoms with van der Waals surface area (Å²) in [6, 6.07) is 1.41. The van der Waals surface area contributed by atoms with Crippen LogP contribution in [-0.2, 0) is 16.6 Å². The van der Waals surface area contributed by atoms with Crippen molar-refractivity contribution in [1.82, 2.24) is 9.21 Å². The minimum Gasteiger partial charge on any atom is -0.462 e. The third-order valence-corrected chi connectivity index (χ3v) is 5.17. The molecule has 1 aliphatic rings. The maximum atomic E-state index is 12.4. The number of piperazine rings is 1. The molecule has 0 atom stereocenters. The van der Waals surface area contributed by atoms with Crippen LogP contribution in [0.1, 0.15) is 11.5 Å². The summed E-state index contributed by atoms with van der Waals surface area (Å²) in [5, 5.41) is 8.98. The van der Waals surface area contributed by atoms with Crippen LogP contribution in [0.4, 0.5) is 0 Å². The van der Waals surface area contributed by atoms with Crippen LogP contribution in [0.2, 0.25) is 0 Å². The van der Waals surface area contributed by atoms with Gasteiger partial charge in [-0.3, -0.25) is 0 Å². The third kappa shape index (κ3) is 2.44. The van der Waals surface area contributed by atoms with Crippen LogP contribution in [0.5, 0.6) is 0 Å². The minimum atomic E-state index is -3.50. The van der Waals surface area contributed by atoms with Crippen LogP contribution in [0, 0.1) is 6.92 Å². The second kappa shape index (κ2) is 5.00. The average Bonchev–Trinajstić information content (AvgIpc) is 2.72. The van der Waals surface area contributed by atoms with Gasteiger partial charge in [0.1, 0.15) is 23.0 Å². The quantitative estimate of drug-likeness (QED) is 0.841. The van der Waals surface area contributed by atoms with Gasteiger partial charge in [0.05, 0.1) is 0 Å². The number of rotatable bonds is 3. The predicted octanol–water partition coefficient (Wildman–Crippen LogP) is 0.0164. The zero-order chi connectivity index (χ0) is 13.3. The van der Waals surface area contributed by atoms with Gasteiger partial charge in [0.15, 0.2) is 0 Å². The molecule has 0 unspecified atom stereocenters. The van der Waals surface area contributed by atoms with E-state index in [0.29, 0.717) is 18.8 Å². The molecular weight excluding hydrogens is 256 g/mol. The first-order valence-electron chi connectivity index (χ1n) is 5.84. The zero-order valence-corrected chi connectivity index (χ0v) is 11.4. The third-order valence-electron chi connectivity index (χ3n) is 3.16. The lowest BCUT2D eigenvalue weighted by Crippen LogP contribution is -2.47. The minimum absolute atomic E-state index is 0.163. The number of aliphatic hydroxyl groups excluding tert-OH is 1. The summed E-state index contributed by atoms with van der Waals surface area (Å²) in [6.45, 7) is 3.73. The van der Waals surface area contributed by atoms with Crippen LogP contribution >= 0.6 is 0 Å². The highest BCUT2D eigenvalue weighted by molar-refractivity contribution is 7.89. The van der Waals surface area contributed by atoms with Gasteiger partial charge >= 0.3 is 0 Å². The van der Waals surface area contributed by atoms with Gasteiger partial charge in [-0.2, -0.15) is 4.31 Å². The van der Waals surface area contributed by atoms with Gasteiger partial charge in [-0.15, -0.1) is 0 Å². The van der Waals surface area contributed by atoms with Crippen LogP contribution < -0.4 is 0 Å². The van der Waals surface area contributed by atoms with Crippen LogP contribution in [0.25, 0.3) is 0 Å². The number of aryl methyl sites for hydroxylation is 1. The van der Waals surface area contributed by atoms with Crippen LogP contribution in [-0.4, -0.2) is 56.0 Å². The molecule has 18 heavy (non-hydrogen) atoms. The fraction of sp³-hybridized carbons (Fsp3) is 0.636. The number of aliphatic hydroxyl groups is 1. The smallest absolute Gasteiger partial charge is 0.246 e. The molecule has 0 saturated carbocycles. The summed E-state index contributed by atoms with van der Waals surface area (Å²) in [7, 11) is -1.53. The normalized spacial score (nSPS) is 19.3. The number of hydrogen-bond donors (Lipinski definition) is 1. The molecule has 1 fully saturated rings. The van der Waals surface area contributed by atoms with E-state index in [1.807, 2.05) is 7.05 Å². The van der Waals surface area contributed by atoms with E-state index >= 15 is 0 Å². The van der Waals surface area contributed by atoms with Crippen molar-refractivity contribution in [3.05, 3.63) is 17.6 Å². The van der Waals surface area contributed by atoms with Crippen molar-refractivity contribution >= 4 is 10.0 Å². The highest BCUT2D eigenvalue weighted by Crippen LogP contribution is 2.24. The maximum absolute atomic E-state index is 12.4. The van der Waals surface area contributed by atoms with Gasteiger partial charge < -0.3 is 14.4 Å². The van der Waals surface area contributed by atoms with Gasteiger partial charge in [0.2, 0.25) is 10.0 Å². The molecule has 1 N–H and O–H groups in total. The van der Waals surface area contributed by atoms with Crippen molar-refractivity contribution in [3.63, 3.8) is 0 Å². The van der Waals surface area contributed by atoms with Gasteiger partial charge in [-0.25, -0.2) is 8.42 Å². The number of hydrogen-bond acceptors (Lipinski definition) is 5. The predicted molar refractivity (Wildman–Crippen MR) is 65.6 cm³/mol. The standard InChI is InChI=1S/C11H18N2O4S/c1-9-11(7-10(8-14)17-9)18(15,16)13-5-3-12(2)4-6-13/h7,14H,3-6,8H2,1-2H3. The topological polar surface area (TPSA) is 74.0 Å². The van der Waals surface area contributed by atoms with E-state index in [1.54, 1.807) is 6.92 Å². The molecule has 2 rings (SSSR count). The molecule has 0 aliphatic carbocycles. The first-order chi connectivity index (χ1) is 8.45. The van der Waals surface area contributed by atoms with Crippen molar-refractivity contribution in [3.8, 4) is 0 Å². The Morgan fingerprint density at radius 1 is 1.33 bits per heavy atom. The number of furan rings is 1. The number of sulfonamides is 1. The molecule has 0 radical (unpaired) electrons. The highest BCUT2D eigenvalue weighted by atomic mass is 32.2. The molecule has 7 heteroatoms. The van der Waals surface area contributed by atoms with Crippen LogP contribution in [0.3, 0.4) is 0 Å². The fourth-order valence-electron chi connectivity index (χ4n) is 2.03. The largest absolute Gasteiger partial charge is 0.462 e. The molecule has 2 heterocycles. The molecule has 1 aromatic heterocycles. The second-order valence-electron chi connectivity index (χ2n) is 4.50. The van der Waals surface area contributed by atoms with Gasteiger partial charge in [0, 0.05) is 32.2 Å². The van der Waals surface area contributed by atoms with Crippen molar-refractivity contribution in [2.75, 3.05) is 33.2 Å². The average molecular weight is 274 g/mol. The maximum Gasteiger partial charge on any atom is 0.246 e. The summed E-state index contributed by atoms with van der Waals surface area (Å²) in [6.07, 6.45) is 0. The molecule has 1 saturated heterocycles. The highest BCUT2D eigenvalue weighted by Gasteiger charge is 2.30. The van der Waals surface area contributed by atoms with Crippen LogP contribution in [0.15, 0.2) is 15.4 Å². The first kappa shape index (κ1) is 13.5. The summed E-state index contributed by atoms with van der Waals surface area (Å²) in [5.41, 5.74) is 0. The van der Waals surface area contributed by atoms with E-state index in [-0.39, 0.29) is 17.3 Å². The Bertz CT molecular complexity index is 515. The first-order valence-corrected chi connectivity index (χ1v) is 7.28. The lowest BCUT2D eigenvalue weighted by Gasteiger charge is -2.31. The number of likely N-dealkylation sites (N-methyl/N-ethyl adjacent to an activating group) is 1. The van der Waals surface area contributed by atoms with E-state index in [2.05, 4.69) is 4.90 Å². The molecule has 6 nitrogen and oxygen atoms in total. The Balaban J connectivity index is 2.27. The van der Waals surface area contributed by atoms with Crippen molar-refractivity contribution in [1.29, 1.82) is 0 Å². The Labute approximate surface area is 107 Å². The second-order valence-corrected chi connectivity index (χ2v) is 6.40. The van der Waals surface area contributed by atoms with E-state index in [0.717, 1.165) is 13.1 Å². The van der Waals surface area contributed by atoms with E-state index < -0.39 is 10.0 Å². The van der Waals surface area contributed by atoms with E-state index in [9.17, 15) is 8.42 Å². The van der Waals surface area contributed by atoms with Crippen molar-refractivity contribution < 1.29 is 17.9 Å². The summed E-state index contributed by atoms with van der Waals surface area (Å²) in [4.78, 5) is 2.25. The zero-order valence-electron chi connectivity index (χ0n) is 10.6. The monoisotopic (exact) mass is 274 g/mol. The van der Waals surface area contributed by atoms with Gasteiger partial charge in [0.25, 0.3) is 0 Å². The van der Waals surface area contributed by atoms with Gasteiger partial charge in [-0.1, -0.05) is 0 Å².